The van der Waals surface area contributed by atoms with Gasteiger partial charge >= 0.3 is 0 Å². The van der Waals surface area contributed by atoms with Crippen LogP contribution in [0.3, 0.4) is 0 Å². The molecule has 2 saturated heterocycles. The fourth-order valence-corrected chi connectivity index (χ4v) is 3.65. The number of fused-ring (bicyclic) bond motifs is 2. The highest BCUT2D eigenvalue weighted by Crippen LogP contribution is 2.31. The summed E-state index contributed by atoms with van der Waals surface area (Å²) in [5.41, 5.74) is 2.55. The molecule has 0 aliphatic carbocycles. The molecule has 3 heterocycles. The van der Waals surface area contributed by atoms with Crippen molar-refractivity contribution in [3.8, 4) is 5.75 Å². The smallest absolute Gasteiger partial charge is 0.123 e. The summed E-state index contributed by atoms with van der Waals surface area (Å²) in [6.07, 6.45) is 5.14. The van der Waals surface area contributed by atoms with Gasteiger partial charge in [0, 0.05) is 49.7 Å². The van der Waals surface area contributed by atoms with Crippen LogP contribution in [0.4, 0.5) is 0 Å². The Hall–Kier alpha value is -1.85. The molecule has 2 bridgehead atoms. The predicted octanol–water partition coefficient (Wildman–Crippen LogP) is 1.49. The van der Waals surface area contributed by atoms with Gasteiger partial charge in [0.2, 0.25) is 0 Å². The lowest BCUT2D eigenvalue weighted by atomic mass is 9.88. The first-order valence-corrected chi connectivity index (χ1v) is 7.93. The number of benzene rings is 1. The molecule has 1 aromatic heterocycles. The van der Waals surface area contributed by atoms with E-state index in [4.69, 9.17) is 4.74 Å². The second-order valence-electron chi connectivity index (χ2n) is 6.22. The van der Waals surface area contributed by atoms with Crippen LogP contribution in [-0.2, 0) is 13.1 Å². The maximum atomic E-state index is 5.50. The third-order valence-electron chi connectivity index (χ3n) is 4.84. The number of aromatic nitrogens is 2. The Kier molecular flexibility index (Phi) is 3.60. The monoisotopic (exact) mass is 298 g/mol. The molecule has 4 rings (SSSR count). The lowest BCUT2D eigenvalue weighted by molar-refractivity contribution is -0.0207. The second kappa shape index (κ2) is 5.74. The largest absolute Gasteiger partial charge is 0.496 e. The summed E-state index contributed by atoms with van der Waals surface area (Å²) in [6.45, 7) is 4.05. The van der Waals surface area contributed by atoms with Gasteiger partial charge in [0.1, 0.15) is 5.75 Å². The highest BCUT2D eigenvalue weighted by Gasteiger charge is 2.40. The van der Waals surface area contributed by atoms with Crippen LogP contribution in [0.1, 0.15) is 17.5 Å². The minimum absolute atomic E-state index is 0.718. The van der Waals surface area contributed by atoms with Crippen molar-refractivity contribution in [3.63, 3.8) is 0 Å². The molecular weight excluding hydrogens is 276 g/mol. The highest BCUT2D eigenvalue weighted by atomic mass is 16.5. The molecule has 2 fully saturated rings. The molecule has 0 radical (unpaired) electrons. The topological polar surface area (TPSA) is 42.3 Å². The minimum atomic E-state index is 0.718. The normalized spacial score (nSPS) is 24.0. The second-order valence-corrected chi connectivity index (χ2v) is 6.22. The highest BCUT2D eigenvalue weighted by molar-refractivity contribution is 5.37. The molecule has 2 aliphatic heterocycles. The van der Waals surface area contributed by atoms with Crippen LogP contribution in [0.2, 0.25) is 0 Å². The van der Waals surface area contributed by atoms with Crippen LogP contribution in [0.25, 0.3) is 0 Å². The van der Waals surface area contributed by atoms with Crippen LogP contribution in [0.5, 0.6) is 5.75 Å². The van der Waals surface area contributed by atoms with Crippen LogP contribution in [0, 0.1) is 0 Å². The van der Waals surface area contributed by atoms with Crippen LogP contribution in [-0.4, -0.2) is 47.0 Å². The number of methoxy groups -OCH3 is 1. The standard InChI is InChI=1S/C17H22N4O/c1-22-17-4-3-13(7-14(17)12-20-6-2-5-19-20)11-21-15-8-16(21)10-18-9-15/h2-7,15-16,18H,8-12H2,1H3. The molecule has 2 aliphatic rings. The van der Waals surface area contributed by atoms with E-state index in [1.807, 2.05) is 23.1 Å². The first kappa shape index (κ1) is 13.8. The molecule has 0 amide bonds. The van der Waals surface area contributed by atoms with Gasteiger partial charge in [-0.05, 0) is 30.2 Å². The van der Waals surface area contributed by atoms with Crippen molar-refractivity contribution in [3.05, 3.63) is 47.8 Å². The zero-order chi connectivity index (χ0) is 14.9. The van der Waals surface area contributed by atoms with Gasteiger partial charge in [0.25, 0.3) is 0 Å². The molecule has 116 valence electrons. The lowest BCUT2D eigenvalue weighted by Gasteiger charge is -2.53. The average Bonchev–Trinajstić information content (AvgIpc) is 3.06. The van der Waals surface area contributed by atoms with E-state index in [9.17, 15) is 0 Å². The van der Waals surface area contributed by atoms with E-state index in [1.54, 1.807) is 7.11 Å². The van der Waals surface area contributed by atoms with Crippen LogP contribution < -0.4 is 10.1 Å². The zero-order valence-electron chi connectivity index (χ0n) is 12.9. The Labute approximate surface area is 130 Å². The summed E-state index contributed by atoms with van der Waals surface area (Å²) in [5, 5.41) is 7.78. The molecule has 2 aromatic rings. The minimum Gasteiger partial charge on any atom is -0.496 e. The van der Waals surface area contributed by atoms with E-state index in [1.165, 1.54) is 17.5 Å². The van der Waals surface area contributed by atoms with Gasteiger partial charge in [-0.1, -0.05) is 6.07 Å². The quantitative estimate of drug-likeness (QED) is 0.908. The van der Waals surface area contributed by atoms with Crippen molar-refractivity contribution >= 4 is 0 Å². The van der Waals surface area contributed by atoms with Gasteiger partial charge in [0.05, 0.1) is 13.7 Å². The van der Waals surface area contributed by atoms with Crippen molar-refractivity contribution in [1.82, 2.24) is 20.0 Å². The Morgan fingerprint density at radius 2 is 2.14 bits per heavy atom. The van der Waals surface area contributed by atoms with E-state index in [-0.39, 0.29) is 0 Å². The van der Waals surface area contributed by atoms with Crippen molar-refractivity contribution in [2.45, 2.75) is 31.6 Å². The Bertz CT molecular complexity index is 626. The summed E-state index contributed by atoms with van der Waals surface area (Å²) < 4.78 is 7.44. The van der Waals surface area contributed by atoms with Gasteiger partial charge < -0.3 is 10.1 Å². The Balaban J connectivity index is 1.53. The van der Waals surface area contributed by atoms with E-state index in [0.29, 0.717) is 0 Å². The SMILES string of the molecule is COc1ccc(CN2C3CNCC2C3)cc1Cn1cccn1. The molecule has 2 atom stereocenters. The third kappa shape index (κ3) is 2.51. The fraction of sp³-hybridized carbons (Fsp3) is 0.471. The summed E-state index contributed by atoms with van der Waals surface area (Å²) >= 11 is 0. The van der Waals surface area contributed by atoms with Crippen molar-refractivity contribution in [2.75, 3.05) is 20.2 Å². The summed E-state index contributed by atoms with van der Waals surface area (Å²) in [4.78, 5) is 2.62. The van der Waals surface area contributed by atoms with Gasteiger partial charge in [-0.25, -0.2) is 0 Å². The van der Waals surface area contributed by atoms with Gasteiger partial charge in [-0.15, -0.1) is 0 Å². The number of nitrogens with zero attached hydrogens (tertiary/aromatic N) is 3. The molecule has 5 nitrogen and oxygen atoms in total. The summed E-state index contributed by atoms with van der Waals surface area (Å²) in [5.74, 6) is 0.935. The molecule has 22 heavy (non-hydrogen) atoms. The predicted molar refractivity (Wildman–Crippen MR) is 84.9 cm³/mol. The van der Waals surface area contributed by atoms with Crippen LogP contribution >= 0.6 is 0 Å². The number of nitrogens with one attached hydrogen (secondary N) is 1. The summed E-state index contributed by atoms with van der Waals surface area (Å²) in [7, 11) is 1.73. The first-order chi connectivity index (χ1) is 10.8. The van der Waals surface area contributed by atoms with E-state index >= 15 is 0 Å². The number of piperazine rings is 1. The van der Waals surface area contributed by atoms with Gasteiger partial charge in [0.15, 0.2) is 0 Å². The Morgan fingerprint density at radius 3 is 2.82 bits per heavy atom. The number of rotatable bonds is 5. The summed E-state index contributed by atoms with van der Waals surface area (Å²) in [6, 6.07) is 9.92. The molecule has 2 unspecified atom stereocenters. The number of ether oxygens (including phenoxy) is 1. The van der Waals surface area contributed by atoms with Gasteiger partial charge in [-0.3, -0.25) is 9.58 Å². The molecule has 0 saturated carbocycles. The molecule has 0 spiro atoms. The van der Waals surface area contributed by atoms with Gasteiger partial charge in [-0.2, -0.15) is 5.10 Å². The van der Waals surface area contributed by atoms with Crippen molar-refractivity contribution in [1.29, 1.82) is 0 Å². The lowest BCUT2D eigenvalue weighted by Crippen LogP contribution is -2.67. The fourth-order valence-electron chi connectivity index (χ4n) is 3.65. The van der Waals surface area contributed by atoms with E-state index in [2.05, 4.69) is 33.5 Å². The van der Waals surface area contributed by atoms with Crippen LogP contribution in [0.15, 0.2) is 36.7 Å². The first-order valence-electron chi connectivity index (χ1n) is 7.93. The number of hydrogen-bond acceptors (Lipinski definition) is 4. The Morgan fingerprint density at radius 1 is 1.27 bits per heavy atom. The molecular formula is C17H22N4O. The average molecular weight is 298 g/mol. The number of piperidine rings is 1. The molecule has 5 heteroatoms. The molecule has 1 N–H and O–H groups in total. The zero-order valence-corrected chi connectivity index (χ0v) is 12.9. The van der Waals surface area contributed by atoms with Crippen molar-refractivity contribution in [2.24, 2.45) is 0 Å². The maximum Gasteiger partial charge on any atom is 0.123 e. The third-order valence-corrected chi connectivity index (χ3v) is 4.84. The number of hydrogen-bond donors (Lipinski definition) is 1. The van der Waals surface area contributed by atoms with E-state index < -0.39 is 0 Å². The van der Waals surface area contributed by atoms with Crippen molar-refractivity contribution < 1.29 is 4.74 Å². The van der Waals surface area contributed by atoms with E-state index in [0.717, 1.165) is 44.0 Å². The molecule has 1 aromatic carbocycles. The maximum absolute atomic E-state index is 5.50.